The highest BCUT2D eigenvalue weighted by molar-refractivity contribution is 5.83. The molecule has 5 rings (SSSR count). The number of hydrogen-bond donors (Lipinski definition) is 2. The summed E-state index contributed by atoms with van der Waals surface area (Å²) in [6, 6.07) is 14.4. The van der Waals surface area contributed by atoms with Gasteiger partial charge in [-0.1, -0.05) is 12.1 Å². The third kappa shape index (κ3) is 3.31. The summed E-state index contributed by atoms with van der Waals surface area (Å²) >= 11 is 0. The molecule has 0 amide bonds. The van der Waals surface area contributed by atoms with E-state index in [2.05, 4.69) is 44.0 Å². The van der Waals surface area contributed by atoms with Crippen molar-refractivity contribution in [1.29, 1.82) is 0 Å². The summed E-state index contributed by atoms with van der Waals surface area (Å²) in [6.07, 6.45) is 1.97. The molecule has 2 N–H and O–H groups in total. The summed E-state index contributed by atoms with van der Waals surface area (Å²) in [4.78, 5) is 35.5. The summed E-state index contributed by atoms with van der Waals surface area (Å²) in [5.41, 5.74) is 3.57. The first-order valence-corrected chi connectivity index (χ1v) is 10.4. The molecule has 4 aromatic rings. The topological polar surface area (TPSA) is 77.1 Å². The van der Waals surface area contributed by atoms with Gasteiger partial charge in [-0.15, -0.1) is 0 Å². The molecule has 7 heteroatoms. The number of aromatic amines is 2. The van der Waals surface area contributed by atoms with Crippen LogP contribution in [0.15, 0.2) is 58.3 Å². The molecular formula is C23H25N5O2. The molecule has 30 heavy (non-hydrogen) atoms. The number of fused-ring (bicyclic) bond motifs is 2. The molecule has 1 aliphatic rings. The standard InChI is InChI=1S/C23H25N5O2/c1-2-28-22(29)19-6-3-16(13-21(19)25-23(28)30)15-26-9-11-27(12-10-26)18-5-4-17-7-8-24-20(17)14-18/h3-8,13-14,24H,2,9-12,15H2,1H3,(H,25,30). The fourth-order valence-corrected chi connectivity index (χ4v) is 4.34. The number of aromatic nitrogens is 3. The second kappa shape index (κ2) is 7.50. The van der Waals surface area contributed by atoms with Gasteiger partial charge in [0.25, 0.3) is 5.56 Å². The molecule has 0 aliphatic carbocycles. The van der Waals surface area contributed by atoms with Crippen molar-refractivity contribution in [2.45, 2.75) is 20.0 Å². The first kappa shape index (κ1) is 18.7. The van der Waals surface area contributed by atoms with E-state index in [0.717, 1.165) is 38.3 Å². The maximum absolute atomic E-state index is 12.4. The second-order valence-electron chi connectivity index (χ2n) is 7.87. The first-order chi connectivity index (χ1) is 14.6. The van der Waals surface area contributed by atoms with Gasteiger partial charge >= 0.3 is 5.69 Å². The average molecular weight is 403 g/mol. The number of nitrogens with zero attached hydrogens (tertiary/aromatic N) is 3. The Morgan fingerprint density at radius 3 is 2.57 bits per heavy atom. The molecule has 0 spiro atoms. The molecule has 2 aromatic carbocycles. The van der Waals surface area contributed by atoms with Crippen molar-refractivity contribution in [1.82, 2.24) is 19.4 Å². The van der Waals surface area contributed by atoms with Gasteiger partial charge in [0.15, 0.2) is 0 Å². The van der Waals surface area contributed by atoms with Crippen LogP contribution in [0.3, 0.4) is 0 Å². The summed E-state index contributed by atoms with van der Waals surface area (Å²) < 4.78 is 1.23. The number of anilines is 1. The molecule has 154 valence electrons. The van der Waals surface area contributed by atoms with Crippen LogP contribution in [0.1, 0.15) is 12.5 Å². The largest absolute Gasteiger partial charge is 0.369 e. The Morgan fingerprint density at radius 2 is 1.77 bits per heavy atom. The van der Waals surface area contributed by atoms with Crippen molar-refractivity contribution in [3.05, 3.63) is 75.1 Å². The van der Waals surface area contributed by atoms with Crippen LogP contribution in [-0.4, -0.2) is 45.6 Å². The van der Waals surface area contributed by atoms with Gasteiger partial charge in [-0.05, 0) is 48.2 Å². The molecule has 1 fully saturated rings. The van der Waals surface area contributed by atoms with E-state index in [1.54, 1.807) is 6.92 Å². The van der Waals surface area contributed by atoms with Crippen LogP contribution >= 0.6 is 0 Å². The Kier molecular flexibility index (Phi) is 4.67. The van der Waals surface area contributed by atoms with Crippen LogP contribution in [0.5, 0.6) is 0 Å². The summed E-state index contributed by atoms with van der Waals surface area (Å²) in [5, 5.41) is 1.79. The molecule has 0 bridgehead atoms. The molecule has 0 radical (unpaired) electrons. The van der Waals surface area contributed by atoms with Gasteiger partial charge in [0, 0.05) is 56.7 Å². The van der Waals surface area contributed by atoms with Crippen molar-refractivity contribution in [3.8, 4) is 0 Å². The minimum atomic E-state index is -0.347. The Morgan fingerprint density at radius 1 is 0.933 bits per heavy atom. The highest BCUT2D eigenvalue weighted by atomic mass is 16.2. The normalized spacial score (nSPS) is 15.3. The molecule has 7 nitrogen and oxygen atoms in total. The van der Waals surface area contributed by atoms with E-state index >= 15 is 0 Å². The first-order valence-electron chi connectivity index (χ1n) is 10.4. The quantitative estimate of drug-likeness (QED) is 0.549. The number of rotatable bonds is 4. The maximum Gasteiger partial charge on any atom is 0.328 e. The van der Waals surface area contributed by atoms with Crippen LogP contribution in [0.25, 0.3) is 21.8 Å². The second-order valence-corrected chi connectivity index (χ2v) is 7.87. The van der Waals surface area contributed by atoms with E-state index in [1.165, 1.54) is 21.2 Å². The van der Waals surface area contributed by atoms with Gasteiger partial charge in [-0.3, -0.25) is 14.3 Å². The number of piperazine rings is 1. The van der Waals surface area contributed by atoms with Crippen LogP contribution in [0.2, 0.25) is 0 Å². The average Bonchev–Trinajstić information content (AvgIpc) is 3.22. The van der Waals surface area contributed by atoms with Crippen molar-refractivity contribution in [2.75, 3.05) is 31.1 Å². The smallest absolute Gasteiger partial charge is 0.328 e. The zero-order chi connectivity index (χ0) is 20.7. The van der Waals surface area contributed by atoms with Crippen molar-refractivity contribution in [3.63, 3.8) is 0 Å². The zero-order valence-corrected chi connectivity index (χ0v) is 17.0. The Hall–Kier alpha value is -3.32. The Labute approximate surface area is 173 Å². The van der Waals surface area contributed by atoms with Gasteiger partial charge in [0.05, 0.1) is 10.9 Å². The summed E-state index contributed by atoms with van der Waals surface area (Å²) in [6.45, 7) is 6.84. The minimum Gasteiger partial charge on any atom is -0.369 e. The Bertz CT molecular complexity index is 1320. The maximum atomic E-state index is 12.4. The molecule has 0 saturated carbocycles. The molecule has 1 saturated heterocycles. The third-order valence-corrected chi connectivity index (χ3v) is 6.04. The van der Waals surface area contributed by atoms with Gasteiger partial charge in [-0.25, -0.2) is 4.79 Å². The predicted molar refractivity (Wildman–Crippen MR) is 120 cm³/mol. The van der Waals surface area contributed by atoms with Gasteiger partial charge < -0.3 is 14.9 Å². The fraction of sp³-hybridized carbons (Fsp3) is 0.304. The van der Waals surface area contributed by atoms with E-state index in [9.17, 15) is 9.59 Å². The molecule has 1 aliphatic heterocycles. The molecule has 0 atom stereocenters. The van der Waals surface area contributed by atoms with Crippen LogP contribution < -0.4 is 16.1 Å². The number of benzene rings is 2. The number of nitrogens with one attached hydrogen (secondary N) is 2. The zero-order valence-electron chi connectivity index (χ0n) is 17.0. The van der Waals surface area contributed by atoms with Gasteiger partial charge in [0.1, 0.15) is 0 Å². The lowest BCUT2D eigenvalue weighted by Crippen LogP contribution is -2.46. The van der Waals surface area contributed by atoms with Crippen LogP contribution in [0, 0.1) is 0 Å². The highest BCUT2D eigenvalue weighted by Crippen LogP contribution is 2.23. The summed E-state index contributed by atoms with van der Waals surface area (Å²) in [5.74, 6) is 0. The number of hydrogen-bond acceptors (Lipinski definition) is 4. The number of H-pyrrole nitrogens is 2. The molecule has 0 unspecified atom stereocenters. The predicted octanol–water partition coefficient (Wildman–Crippen LogP) is 2.51. The van der Waals surface area contributed by atoms with Crippen LogP contribution in [-0.2, 0) is 13.1 Å². The molecule has 2 aromatic heterocycles. The molecular weight excluding hydrogens is 378 g/mol. The SMILES string of the molecule is CCn1c(=O)[nH]c2cc(CN3CCN(c4ccc5cc[nH]c5c4)CC3)ccc2c1=O. The lowest BCUT2D eigenvalue weighted by Gasteiger charge is -2.36. The van der Waals surface area contributed by atoms with E-state index < -0.39 is 0 Å². The van der Waals surface area contributed by atoms with Crippen molar-refractivity contribution < 1.29 is 0 Å². The Balaban J connectivity index is 1.29. The van der Waals surface area contributed by atoms with E-state index in [0.29, 0.717) is 17.4 Å². The van der Waals surface area contributed by atoms with Gasteiger partial charge in [0.2, 0.25) is 0 Å². The van der Waals surface area contributed by atoms with Crippen LogP contribution in [0.4, 0.5) is 5.69 Å². The minimum absolute atomic E-state index is 0.226. The van der Waals surface area contributed by atoms with E-state index in [1.807, 2.05) is 24.4 Å². The van der Waals surface area contributed by atoms with E-state index in [-0.39, 0.29) is 11.2 Å². The third-order valence-electron chi connectivity index (χ3n) is 6.04. The summed E-state index contributed by atoms with van der Waals surface area (Å²) in [7, 11) is 0. The van der Waals surface area contributed by atoms with Gasteiger partial charge in [-0.2, -0.15) is 0 Å². The van der Waals surface area contributed by atoms with Crippen molar-refractivity contribution >= 4 is 27.5 Å². The molecule has 3 heterocycles. The lowest BCUT2D eigenvalue weighted by atomic mass is 10.1. The lowest BCUT2D eigenvalue weighted by molar-refractivity contribution is 0.250. The monoisotopic (exact) mass is 403 g/mol. The van der Waals surface area contributed by atoms with E-state index in [4.69, 9.17) is 0 Å². The highest BCUT2D eigenvalue weighted by Gasteiger charge is 2.18. The van der Waals surface area contributed by atoms with Crippen molar-refractivity contribution in [2.24, 2.45) is 0 Å². The fourth-order valence-electron chi connectivity index (χ4n) is 4.34.